The molecule has 5 saturated carbocycles. The lowest BCUT2D eigenvalue weighted by Gasteiger charge is -2.57. The highest BCUT2D eigenvalue weighted by molar-refractivity contribution is 5.88. The van der Waals surface area contributed by atoms with Crippen LogP contribution in [0, 0.1) is 39.9 Å². The van der Waals surface area contributed by atoms with Crippen molar-refractivity contribution in [1.29, 1.82) is 0 Å². The van der Waals surface area contributed by atoms with Crippen molar-refractivity contribution < 1.29 is 19.7 Å². The Bertz CT molecular complexity index is 943. The van der Waals surface area contributed by atoms with Gasteiger partial charge in [-0.05, 0) is 85.2 Å². The van der Waals surface area contributed by atoms with Crippen LogP contribution < -0.4 is 0 Å². The number of ketones is 1. The Kier molecular flexibility index (Phi) is 4.01. The van der Waals surface area contributed by atoms with Crippen molar-refractivity contribution >= 4 is 5.78 Å². The first kappa shape index (κ1) is 20.2. The molecule has 5 aliphatic rings. The zero-order valence-corrected chi connectivity index (χ0v) is 19.1. The van der Waals surface area contributed by atoms with Crippen LogP contribution in [0.15, 0.2) is 24.3 Å². The maximum Gasteiger partial charge on any atom is 0.141 e. The SMILES string of the molecule is CO[C@H]1CC(=O)[C@@H]2[C@@H]3[C@@H]4CC[C@@]5(CC[C@H](Cc6ccccc6O)C5)[C@]3(C)[C@](C)(C4)[C@@]12O. The molecule has 0 unspecified atom stereocenters. The lowest BCUT2D eigenvalue weighted by atomic mass is 9.48. The third-order valence-corrected chi connectivity index (χ3v) is 11.5. The molecule has 4 bridgehead atoms. The summed E-state index contributed by atoms with van der Waals surface area (Å²) in [6.45, 7) is 4.74. The highest BCUT2D eigenvalue weighted by atomic mass is 16.5. The number of ether oxygens (including phenoxy) is 1. The van der Waals surface area contributed by atoms with Crippen molar-refractivity contribution in [3.05, 3.63) is 29.8 Å². The van der Waals surface area contributed by atoms with Crippen LogP contribution in [0.5, 0.6) is 5.75 Å². The number of fused-ring (bicyclic) bond motifs is 2. The number of benzene rings is 1. The second-order valence-electron chi connectivity index (χ2n) is 12.0. The van der Waals surface area contributed by atoms with E-state index in [-0.39, 0.29) is 40.0 Å². The summed E-state index contributed by atoms with van der Waals surface area (Å²) in [4.78, 5) is 13.2. The summed E-state index contributed by atoms with van der Waals surface area (Å²) in [7, 11) is 1.66. The van der Waals surface area contributed by atoms with Gasteiger partial charge in [0.15, 0.2) is 0 Å². The van der Waals surface area contributed by atoms with Gasteiger partial charge in [-0.2, -0.15) is 0 Å². The van der Waals surface area contributed by atoms with Gasteiger partial charge in [0, 0.05) is 18.9 Å². The lowest BCUT2D eigenvalue weighted by molar-refractivity contribution is -0.186. The molecule has 6 rings (SSSR count). The minimum absolute atomic E-state index is 0.0390. The molecule has 0 amide bonds. The highest BCUT2D eigenvalue weighted by Gasteiger charge is 2.86. The van der Waals surface area contributed by atoms with E-state index >= 15 is 0 Å². The number of hydrogen-bond acceptors (Lipinski definition) is 4. The van der Waals surface area contributed by atoms with Crippen LogP contribution in [-0.2, 0) is 16.0 Å². The summed E-state index contributed by atoms with van der Waals surface area (Å²) in [5.74, 6) is 1.79. The number of aromatic hydroxyl groups is 1. The number of phenols is 1. The number of aliphatic hydroxyl groups is 1. The molecule has 5 fully saturated rings. The Labute approximate surface area is 185 Å². The van der Waals surface area contributed by atoms with Crippen LogP contribution in [-0.4, -0.2) is 34.8 Å². The molecule has 0 radical (unpaired) electrons. The van der Waals surface area contributed by atoms with E-state index in [1.807, 2.05) is 12.1 Å². The standard InChI is InChI=1S/C27H36O4/c1-24-15-18-9-11-26(10-8-16(14-26)12-17-6-4-5-7-19(17)28)25(24,2)22(18)23-20(29)13-21(31-3)27(23,24)30/h4-7,16,18,21-23,28,30H,8-15H2,1-3H3/t16-,18-,21+,22+,23-,24+,25+,26-,27-/m1/s1. The fraction of sp³-hybridized carbons (Fsp3) is 0.741. The van der Waals surface area contributed by atoms with Crippen molar-refractivity contribution in [2.24, 2.45) is 39.9 Å². The summed E-state index contributed by atoms with van der Waals surface area (Å²) in [6, 6.07) is 7.74. The predicted octanol–water partition coefficient (Wildman–Crippen LogP) is 4.51. The molecular formula is C27H36O4. The number of rotatable bonds is 3. The topological polar surface area (TPSA) is 66.8 Å². The second kappa shape index (κ2) is 6.14. The average Bonchev–Trinajstić information content (AvgIpc) is 3.36. The van der Waals surface area contributed by atoms with E-state index in [0.29, 0.717) is 24.0 Å². The molecule has 0 aromatic heterocycles. The Morgan fingerprint density at radius 2 is 1.87 bits per heavy atom. The van der Waals surface area contributed by atoms with Crippen LogP contribution >= 0.6 is 0 Å². The number of carbonyl (C=O) groups excluding carboxylic acids is 1. The van der Waals surface area contributed by atoms with Gasteiger partial charge in [0.05, 0.1) is 12.0 Å². The second-order valence-corrected chi connectivity index (χ2v) is 12.0. The van der Waals surface area contributed by atoms with Crippen molar-refractivity contribution in [1.82, 2.24) is 0 Å². The zero-order chi connectivity index (χ0) is 21.8. The maximum absolute atomic E-state index is 13.2. The fourth-order valence-corrected chi connectivity index (χ4v) is 10.3. The van der Waals surface area contributed by atoms with Crippen LogP contribution in [0.2, 0.25) is 0 Å². The molecule has 31 heavy (non-hydrogen) atoms. The van der Waals surface area contributed by atoms with Crippen molar-refractivity contribution in [2.45, 2.75) is 76.9 Å². The molecule has 9 atom stereocenters. The van der Waals surface area contributed by atoms with E-state index in [1.165, 1.54) is 25.7 Å². The maximum atomic E-state index is 13.2. The van der Waals surface area contributed by atoms with Gasteiger partial charge in [-0.1, -0.05) is 32.0 Å². The van der Waals surface area contributed by atoms with E-state index < -0.39 is 5.60 Å². The molecule has 0 saturated heterocycles. The van der Waals surface area contributed by atoms with Crippen molar-refractivity contribution in [3.63, 3.8) is 0 Å². The van der Waals surface area contributed by atoms with E-state index in [2.05, 4.69) is 19.9 Å². The molecule has 0 heterocycles. The number of phenolic OH excluding ortho intramolecular Hbond substituents is 1. The number of Topliss-reactive ketones (excluding diaryl/α,β-unsaturated/α-hetero) is 1. The third-order valence-electron chi connectivity index (χ3n) is 11.5. The molecule has 0 aliphatic heterocycles. The molecule has 1 aromatic rings. The Balaban J connectivity index is 1.39. The summed E-state index contributed by atoms with van der Waals surface area (Å²) in [5, 5.41) is 22.5. The van der Waals surface area contributed by atoms with E-state index in [9.17, 15) is 15.0 Å². The molecular weight excluding hydrogens is 388 g/mol. The number of hydrogen-bond donors (Lipinski definition) is 2. The first-order valence-corrected chi connectivity index (χ1v) is 12.3. The van der Waals surface area contributed by atoms with Crippen molar-refractivity contribution in [3.8, 4) is 5.75 Å². The normalized spacial score (nSPS) is 52.3. The first-order valence-electron chi connectivity index (χ1n) is 12.3. The summed E-state index contributed by atoms with van der Waals surface area (Å²) < 4.78 is 5.78. The van der Waals surface area contributed by atoms with Gasteiger partial charge in [-0.25, -0.2) is 0 Å². The molecule has 2 N–H and O–H groups in total. The fourth-order valence-electron chi connectivity index (χ4n) is 10.3. The van der Waals surface area contributed by atoms with Crippen LogP contribution in [0.4, 0.5) is 0 Å². The lowest BCUT2D eigenvalue weighted by Crippen LogP contribution is -2.58. The molecule has 5 aliphatic carbocycles. The largest absolute Gasteiger partial charge is 0.508 e. The van der Waals surface area contributed by atoms with Gasteiger partial charge in [0.25, 0.3) is 0 Å². The molecule has 168 valence electrons. The monoisotopic (exact) mass is 424 g/mol. The highest BCUT2D eigenvalue weighted by Crippen LogP contribution is 2.85. The number of para-hydroxylation sites is 1. The Morgan fingerprint density at radius 1 is 1.13 bits per heavy atom. The minimum atomic E-state index is -1.03. The van der Waals surface area contributed by atoms with Crippen LogP contribution in [0.25, 0.3) is 0 Å². The number of carbonyl (C=O) groups is 1. The van der Waals surface area contributed by atoms with Gasteiger partial charge in [-0.15, -0.1) is 0 Å². The van der Waals surface area contributed by atoms with Gasteiger partial charge in [-0.3, -0.25) is 4.79 Å². The Hall–Kier alpha value is -1.39. The van der Waals surface area contributed by atoms with Crippen LogP contribution in [0.3, 0.4) is 0 Å². The van der Waals surface area contributed by atoms with Gasteiger partial charge in [0.2, 0.25) is 0 Å². The van der Waals surface area contributed by atoms with Gasteiger partial charge < -0.3 is 14.9 Å². The summed E-state index contributed by atoms with van der Waals surface area (Å²) in [5.41, 5.74) is -0.126. The molecule has 4 heteroatoms. The van der Waals surface area contributed by atoms with Crippen molar-refractivity contribution in [2.75, 3.05) is 7.11 Å². The van der Waals surface area contributed by atoms with Gasteiger partial charge >= 0.3 is 0 Å². The summed E-state index contributed by atoms with van der Waals surface area (Å²) in [6.07, 6.45) is 7.85. The third kappa shape index (κ3) is 2.08. The zero-order valence-electron chi connectivity index (χ0n) is 19.1. The van der Waals surface area contributed by atoms with E-state index in [1.54, 1.807) is 13.2 Å². The quantitative estimate of drug-likeness (QED) is 0.749. The average molecular weight is 425 g/mol. The van der Waals surface area contributed by atoms with Crippen LogP contribution in [0.1, 0.15) is 64.4 Å². The van der Waals surface area contributed by atoms with Gasteiger partial charge in [0.1, 0.15) is 17.1 Å². The smallest absolute Gasteiger partial charge is 0.141 e. The molecule has 1 aromatic carbocycles. The minimum Gasteiger partial charge on any atom is -0.508 e. The molecule has 1 spiro atoms. The first-order chi connectivity index (χ1) is 14.7. The molecule has 4 nitrogen and oxygen atoms in total. The Morgan fingerprint density at radius 3 is 2.61 bits per heavy atom. The predicted molar refractivity (Wildman–Crippen MR) is 117 cm³/mol. The summed E-state index contributed by atoms with van der Waals surface area (Å²) >= 11 is 0. The van der Waals surface area contributed by atoms with E-state index in [0.717, 1.165) is 24.8 Å². The number of methoxy groups -OCH3 is 1. The van der Waals surface area contributed by atoms with E-state index in [4.69, 9.17) is 4.74 Å².